The average Bonchev–Trinajstić information content (AvgIpc) is 2.08. The predicted molar refractivity (Wildman–Crippen MR) is 51.4 cm³/mol. The van der Waals surface area contributed by atoms with Crippen LogP contribution in [-0.2, 0) is 11.2 Å². The van der Waals surface area contributed by atoms with Crippen LogP contribution in [-0.4, -0.2) is 18.9 Å². The van der Waals surface area contributed by atoms with Crippen molar-refractivity contribution in [2.45, 2.75) is 6.42 Å². The third-order valence-corrected chi connectivity index (χ3v) is 2.61. The first-order valence-corrected chi connectivity index (χ1v) is 4.84. The summed E-state index contributed by atoms with van der Waals surface area (Å²) in [4.78, 5) is 11.5. The number of Topliss-reactive ketones (excluding diaryl/α,β-unsaturated/α-hetero) is 1. The van der Waals surface area contributed by atoms with Crippen LogP contribution in [0.25, 0.3) is 0 Å². The molecule has 0 atom stereocenters. The molecule has 0 radical (unpaired) electrons. The third kappa shape index (κ3) is 2.21. The Labute approximate surface area is 86.3 Å². The molecule has 1 aliphatic heterocycles. The molecule has 15 heavy (non-hydrogen) atoms. The molecule has 2 nitrogen and oxygen atoms in total. The lowest BCUT2D eigenvalue weighted by Crippen LogP contribution is -2.47. The van der Waals surface area contributed by atoms with Gasteiger partial charge in [0, 0.05) is 25.4 Å². The SMILES string of the molecule is O=C(Cc1cc(F)ccc1F)C1CNC1. The molecule has 1 N–H and O–H groups in total. The topological polar surface area (TPSA) is 29.1 Å². The zero-order chi connectivity index (χ0) is 10.8. The van der Waals surface area contributed by atoms with Crippen LogP contribution in [0.2, 0.25) is 0 Å². The van der Waals surface area contributed by atoms with Crippen molar-refractivity contribution in [3.05, 3.63) is 35.4 Å². The van der Waals surface area contributed by atoms with Gasteiger partial charge in [-0.2, -0.15) is 0 Å². The number of hydrogen-bond acceptors (Lipinski definition) is 2. The van der Waals surface area contributed by atoms with E-state index in [0.29, 0.717) is 13.1 Å². The molecule has 0 aliphatic carbocycles. The van der Waals surface area contributed by atoms with E-state index in [1.165, 1.54) is 0 Å². The van der Waals surface area contributed by atoms with Gasteiger partial charge in [-0.05, 0) is 23.8 Å². The maximum absolute atomic E-state index is 13.2. The Kier molecular flexibility index (Phi) is 2.77. The van der Waals surface area contributed by atoms with E-state index in [-0.39, 0.29) is 23.7 Å². The Balaban J connectivity index is 2.09. The summed E-state index contributed by atoms with van der Waals surface area (Å²) in [5, 5.41) is 2.97. The molecule has 1 aromatic rings. The molecular formula is C11H11F2NO. The van der Waals surface area contributed by atoms with E-state index in [9.17, 15) is 13.6 Å². The van der Waals surface area contributed by atoms with Gasteiger partial charge in [0.25, 0.3) is 0 Å². The van der Waals surface area contributed by atoms with Crippen LogP contribution in [0.4, 0.5) is 8.78 Å². The minimum atomic E-state index is -0.517. The van der Waals surface area contributed by atoms with Crippen molar-refractivity contribution < 1.29 is 13.6 Å². The van der Waals surface area contributed by atoms with Gasteiger partial charge in [0.2, 0.25) is 0 Å². The van der Waals surface area contributed by atoms with Gasteiger partial charge in [0.1, 0.15) is 17.4 Å². The van der Waals surface area contributed by atoms with Crippen LogP contribution < -0.4 is 5.32 Å². The van der Waals surface area contributed by atoms with Gasteiger partial charge < -0.3 is 5.32 Å². The highest BCUT2D eigenvalue weighted by molar-refractivity contribution is 5.84. The maximum atomic E-state index is 13.2. The van der Waals surface area contributed by atoms with Gasteiger partial charge in [0.15, 0.2) is 0 Å². The molecular weight excluding hydrogens is 200 g/mol. The summed E-state index contributed by atoms with van der Waals surface area (Å²) < 4.78 is 26.0. The zero-order valence-electron chi connectivity index (χ0n) is 8.09. The highest BCUT2D eigenvalue weighted by Gasteiger charge is 2.25. The number of ketones is 1. The van der Waals surface area contributed by atoms with Gasteiger partial charge in [-0.1, -0.05) is 0 Å². The third-order valence-electron chi connectivity index (χ3n) is 2.61. The number of rotatable bonds is 3. The number of carbonyl (C=O) groups excluding carboxylic acids is 1. The van der Waals surface area contributed by atoms with E-state index in [0.717, 1.165) is 18.2 Å². The van der Waals surface area contributed by atoms with Crippen molar-refractivity contribution in [3.63, 3.8) is 0 Å². The molecule has 0 amide bonds. The molecule has 0 unspecified atom stereocenters. The van der Waals surface area contributed by atoms with E-state index in [1.807, 2.05) is 0 Å². The van der Waals surface area contributed by atoms with E-state index in [4.69, 9.17) is 0 Å². The predicted octanol–water partition coefficient (Wildman–Crippen LogP) is 1.30. The fraction of sp³-hybridized carbons (Fsp3) is 0.364. The van der Waals surface area contributed by atoms with Gasteiger partial charge in [-0.3, -0.25) is 4.79 Å². The minimum absolute atomic E-state index is 0.0179. The van der Waals surface area contributed by atoms with Crippen LogP contribution in [0.1, 0.15) is 5.56 Å². The standard InChI is InChI=1S/C11H11F2NO/c12-9-1-2-10(13)7(3-9)4-11(15)8-5-14-6-8/h1-3,8,14H,4-6H2. The van der Waals surface area contributed by atoms with Crippen LogP contribution in [0.15, 0.2) is 18.2 Å². The molecule has 0 aromatic heterocycles. The Morgan fingerprint density at radius 3 is 2.73 bits per heavy atom. The van der Waals surface area contributed by atoms with Crippen LogP contribution in [0.5, 0.6) is 0 Å². The van der Waals surface area contributed by atoms with E-state index in [2.05, 4.69) is 5.32 Å². The Morgan fingerprint density at radius 2 is 2.13 bits per heavy atom. The minimum Gasteiger partial charge on any atom is -0.315 e. The number of benzene rings is 1. The maximum Gasteiger partial charge on any atom is 0.142 e. The highest BCUT2D eigenvalue weighted by Crippen LogP contribution is 2.14. The Hall–Kier alpha value is -1.29. The number of nitrogens with one attached hydrogen (secondary N) is 1. The molecule has 1 aliphatic rings. The smallest absolute Gasteiger partial charge is 0.142 e. The Morgan fingerprint density at radius 1 is 1.40 bits per heavy atom. The summed E-state index contributed by atoms with van der Waals surface area (Å²) in [5.41, 5.74) is 0.145. The fourth-order valence-corrected chi connectivity index (χ4v) is 1.53. The summed E-state index contributed by atoms with van der Waals surface area (Å²) in [6.45, 7) is 1.30. The summed E-state index contributed by atoms with van der Waals surface area (Å²) in [6, 6.07) is 3.19. The second-order valence-corrected chi connectivity index (χ2v) is 3.73. The molecule has 4 heteroatoms. The second kappa shape index (κ2) is 4.06. The first-order valence-electron chi connectivity index (χ1n) is 4.84. The zero-order valence-corrected chi connectivity index (χ0v) is 8.09. The van der Waals surface area contributed by atoms with Gasteiger partial charge >= 0.3 is 0 Å². The largest absolute Gasteiger partial charge is 0.315 e. The van der Waals surface area contributed by atoms with Crippen molar-refractivity contribution >= 4 is 5.78 Å². The van der Waals surface area contributed by atoms with Gasteiger partial charge in [-0.15, -0.1) is 0 Å². The normalized spacial score (nSPS) is 16.1. The van der Waals surface area contributed by atoms with Crippen molar-refractivity contribution in [1.82, 2.24) is 5.32 Å². The number of hydrogen-bond donors (Lipinski definition) is 1. The number of carbonyl (C=O) groups is 1. The summed E-state index contributed by atoms with van der Waals surface area (Å²) in [6.07, 6.45) is -0.0179. The van der Waals surface area contributed by atoms with Crippen LogP contribution in [0, 0.1) is 17.6 Å². The lowest BCUT2D eigenvalue weighted by atomic mass is 9.93. The van der Waals surface area contributed by atoms with E-state index < -0.39 is 11.6 Å². The summed E-state index contributed by atoms with van der Waals surface area (Å²) in [7, 11) is 0. The van der Waals surface area contributed by atoms with Gasteiger partial charge in [-0.25, -0.2) is 8.78 Å². The summed E-state index contributed by atoms with van der Waals surface area (Å²) >= 11 is 0. The molecule has 0 bridgehead atoms. The Bertz CT molecular complexity index is 388. The van der Waals surface area contributed by atoms with E-state index in [1.54, 1.807) is 0 Å². The molecule has 1 aromatic carbocycles. The molecule has 0 saturated carbocycles. The lowest BCUT2D eigenvalue weighted by Gasteiger charge is -2.25. The highest BCUT2D eigenvalue weighted by atomic mass is 19.1. The monoisotopic (exact) mass is 211 g/mol. The molecule has 2 rings (SSSR count). The molecule has 0 spiro atoms. The quantitative estimate of drug-likeness (QED) is 0.816. The van der Waals surface area contributed by atoms with Crippen molar-refractivity contribution in [1.29, 1.82) is 0 Å². The van der Waals surface area contributed by atoms with Crippen LogP contribution in [0.3, 0.4) is 0 Å². The summed E-state index contributed by atoms with van der Waals surface area (Å²) in [5.74, 6) is -1.09. The fourth-order valence-electron chi connectivity index (χ4n) is 1.53. The van der Waals surface area contributed by atoms with E-state index >= 15 is 0 Å². The van der Waals surface area contributed by atoms with Gasteiger partial charge in [0.05, 0.1) is 0 Å². The lowest BCUT2D eigenvalue weighted by molar-refractivity contribution is -0.123. The first-order chi connectivity index (χ1) is 7.16. The molecule has 1 fully saturated rings. The molecule has 80 valence electrons. The number of halogens is 2. The van der Waals surface area contributed by atoms with Crippen molar-refractivity contribution in [2.24, 2.45) is 5.92 Å². The van der Waals surface area contributed by atoms with Crippen molar-refractivity contribution in [3.8, 4) is 0 Å². The van der Waals surface area contributed by atoms with Crippen molar-refractivity contribution in [2.75, 3.05) is 13.1 Å². The molecule has 1 saturated heterocycles. The van der Waals surface area contributed by atoms with Crippen LogP contribution >= 0.6 is 0 Å². The molecule has 1 heterocycles. The average molecular weight is 211 g/mol. The first kappa shape index (κ1) is 10.2. The second-order valence-electron chi connectivity index (χ2n) is 3.73.